The maximum Gasteiger partial charge on any atom is 0.188 e. The van der Waals surface area contributed by atoms with Gasteiger partial charge in [0.15, 0.2) is 5.78 Å². The number of halogens is 2. The molecule has 2 aromatic carbocycles. The first kappa shape index (κ1) is 14.3. The second-order valence-corrected chi connectivity index (χ2v) is 5.34. The van der Waals surface area contributed by atoms with E-state index in [1.54, 1.807) is 18.2 Å². The minimum absolute atomic E-state index is 0.0433. The smallest absolute Gasteiger partial charge is 0.188 e. The molecule has 0 atom stereocenters. The fraction of sp³-hybridized carbons (Fsp3) is 0.133. The van der Waals surface area contributed by atoms with Crippen LogP contribution in [-0.2, 0) is 11.3 Å². The summed E-state index contributed by atoms with van der Waals surface area (Å²) in [5, 5.41) is 0.650. The molecule has 0 spiro atoms. The summed E-state index contributed by atoms with van der Waals surface area (Å²) in [5.41, 5.74) is 1.51. The highest BCUT2D eigenvalue weighted by Crippen LogP contribution is 2.16. The number of ether oxygens (including phenoxy) is 1. The van der Waals surface area contributed by atoms with Crippen molar-refractivity contribution in [1.82, 2.24) is 0 Å². The zero-order valence-corrected chi connectivity index (χ0v) is 12.4. The summed E-state index contributed by atoms with van der Waals surface area (Å²) < 4.78 is 6.29. The number of Topliss-reactive ketones (excluding diaryl/α,β-unsaturated/α-hetero) is 1. The maximum atomic E-state index is 11.9. The van der Waals surface area contributed by atoms with Crippen LogP contribution in [0.2, 0.25) is 5.02 Å². The molecule has 0 aliphatic rings. The molecule has 4 heteroatoms. The predicted molar refractivity (Wildman–Crippen MR) is 79.6 cm³/mol. The molecule has 2 rings (SSSR count). The van der Waals surface area contributed by atoms with Crippen molar-refractivity contribution in [3.05, 3.63) is 69.2 Å². The zero-order valence-electron chi connectivity index (χ0n) is 10.1. The van der Waals surface area contributed by atoms with Crippen molar-refractivity contribution in [2.24, 2.45) is 0 Å². The Balaban J connectivity index is 1.90. The summed E-state index contributed by atoms with van der Waals surface area (Å²) >= 11 is 9.34. The van der Waals surface area contributed by atoms with Gasteiger partial charge < -0.3 is 4.74 Å². The highest BCUT2D eigenvalue weighted by atomic mass is 79.9. The lowest BCUT2D eigenvalue weighted by Crippen LogP contribution is -2.09. The number of ketones is 1. The van der Waals surface area contributed by atoms with E-state index in [9.17, 15) is 4.79 Å². The molecule has 0 aliphatic heterocycles. The SMILES string of the molecule is O=C(COCc1ccccc1Cl)c1cccc(Br)c1. The Kier molecular flexibility index (Phi) is 5.14. The van der Waals surface area contributed by atoms with Crippen LogP contribution in [0.3, 0.4) is 0 Å². The molecular formula is C15H12BrClO2. The van der Waals surface area contributed by atoms with Gasteiger partial charge in [0.1, 0.15) is 6.61 Å². The minimum Gasteiger partial charge on any atom is -0.369 e. The van der Waals surface area contributed by atoms with Crippen molar-refractivity contribution in [2.75, 3.05) is 6.61 Å². The zero-order chi connectivity index (χ0) is 13.7. The molecule has 19 heavy (non-hydrogen) atoms. The molecule has 2 nitrogen and oxygen atoms in total. The van der Waals surface area contributed by atoms with Gasteiger partial charge in [0.05, 0.1) is 6.61 Å². The van der Waals surface area contributed by atoms with Crippen LogP contribution in [0.1, 0.15) is 15.9 Å². The van der Waals surface area contributed by atoms with Crippen molar-refractivity contribution < 1.29 is 9.53 Å². The summed E-state index contributed by atoms with van der Waals surface area (Å²) in [6, 6.07) is 14.7. The Labute approximate surface area is 125 Å². The Morgan fingerprint density at radius 1 is 1.16 bits per heavy atom. The number of carbonyl (C=O) groups excluding carboxylic acids is 1. The van der Waals surface area contributed by atoms with E-state index in [0.717, 1.165) is 10.0 Å². The van der Waals surface area contributed by atoms with Crippen LogP contribution < -0.4 is 0 Å². The topological polar surface area (TPSA) is 26.3 Å². The van der Waals surface area contributed by atoms with Crippen LogP contribution in [0.4, 0.5) is 0 Å². The van der Waals surface area contributed by atoms with Gasteiger partial charge in [0, 0.05) is 15.1 Å². The second-order valence-electron chi connectivity index (χ2n) is 4.02. The largest absolute Gasteiger partial charge is 0.369 e. The van der Waals surface area contributed by atoms with E-state index >= 15 is 0 Å². The predicted octanol–water partition coefficient (Wildman–Crippen LogP) is 4.50. The number of hydrogen-bond donors (Lipinski definition) is 0. The lowest BCUT2D eigenvalue weighted by molar-refractivity contribution is 0.0726. The number of hydrogen-bond acceptors (Lipinski definition) is 2. The van der Waals surface area contributed by atoms with Crippen molar-refractivity contribution in [3.8, 4) is 0 Å². The van der Waals surface area contributed by atoms with E-state index in [4.69, 9.17) is 16.3 Å². The summed E-state index contributed by atoms with van der Waals surface area (Å²) in [6.45, 7) is 0.376. The average Bonchev–Trinajstić information content (AvgIpc) is 2.41. The molecular weight excluding hydrogens is 328 g/mol. The van der Waals surface area contributed by atoms with Crippen LogP contribution in [0, 0.1) is 0 Å². The third-order valence-corrected chi connectivity index (χ3v) is 3.46. The normalized spacial score (nSPS) is 10.4. The quantitative estimate of drug-likeness (QED) is 0.750. The van der Waals surface area contributed by atoms with Gasteiger partial charge in [-0.05, 0) is 23.8 Å². The van der Waals surface area contributed by atoms with Gasteiger partial charge in [-0.2, -0.15) is 0 Å². The van der Waals surface area contributed by atoms with Gasteiger partial charge >= 0.3 is 0 Å². The number of rotatable bonds is 5. The van der Waals surface area contributed by atoms with Gasteiger partial charge in [0.2, 0.25) is 0 Å². The van der Waals surface area contributed by atoms with E-state index in [1.807, 2.05) is 30.3 Å². The average molecular weight is 340 g/mol. The van der Waals surface area contributed by atoms with Crippen molar-refractivity contribution in [3.63, 3.8) is 0 Å². The van der Waals surface area contributed by atoms with Gasteiger partial charge in [-0.25, -0.2) is 0 Å². The fourth-order valence-corrected chi connectivity index (χ4v) is 2.20. The molecule has 0 aromatic heterocycles. The molecule has 0 unspecified atom stereocenters. The Bertz CT molecular complexity index is 584. The van der Waals surface area contributed by atoms with Crippen molar-refractivity contribution in [2.45, 2.75) is 6.61 Å². The van der Waals surface area contributed by atoms with Crippen molar-refractivity contribution in [1.29, 1.82) is 0 Å². The van der Waals surface area contributed by atoms with Crippen LogP contribution in [0.15, 0.2) is 53.0 Å². The second kappa shape index (κ2) is 6.85. The molecule has 0 saturated carbocycles. The van der Waals surface area contributed by atoms with Gasteiger partial charge in [-0.3, -0.25) is 4.79 Å². The van der Waals surface area contributed by atoms with Gasteiger partial charge in [0.25, 0.3) is 0 Å². The molecule has 98 valence electrons. The minimum atomic E-state index is -0.0478. The Morgan fingerprint density at radius 3 is 2.68 bits per heavy atom. The Morgan fingerprint density at radius 2 is 1.95 bits per heavy atom. The lowest BCUT2D eigenvalue weighted by atomic mass is 10.1. The van der Waals surface area contributed by atoms with E-state index < -0.39 is 0 Å². The van der Waals surface area contributed by atoms with Crippen LogP contribution >= 0.6 is 27.5 Å². The summed E-state index contributed by atoms with van der Waals surface area (Å²) in [7, 11) is 0. The molecule has 0 heterocycles. The third kappa shape index (κ3) is 4.16. The highest BCUT2D eigenvalue weighted by molar-refractivity contribution is 9.10. The van der Waals surface area contributed by atoms with Crippen LogP contribution in [-0.4, -0.2) is 12.4 Å². The first-order valence-corrected chi connectivity index (χ1v) is 6.94. The molecule has 0 N–H and O–H groups in total. The van der Waals surface area contributed by atoms with Gasteiger partial charge in [-0.1, -0.05) is 57.9 Å². The van der Waals surface area contributed by atoms with Crippen LogP contribution in [0.25, 0.3) is 0 Å². The first-order valence-electron chi connectivity index (χ1n) is 5.77. The van der Waals surface area contributed by atoms with E-state index in [0.29, 0.717) is 17.2 Å². The monoisotopic (exact) mass is 338 g/mol. The standard InChI is InChI=1S/C15H12BrClO2/c16-13-6-3-5-11(8-13)15(18)10-19-9-12-4-1-2-7-14(12)17/h1-8H,9-10H2. The number of benzene rings is 2. The molecule has 0 fully saturated rings. The van der Waals surface area contributed by atoms with E-state index in [1.165, 1.54) is 0 Å². The van der Waals surface area contributed by atoms with Crippen LogP contribution in [0.5, 0.6) is 0 Å². The summed E-state index contributed by atoms with van der Waals surface area (Å²) in [5.74, 6) is -0.0478. The molecule has 2 aromatic rings. The fourth-order valence-electron chi connectivity index (χ4n) is 1.61. The molecule has 0 radical (unpaired) electrons. The lowest BCUT2D eigenvalue weighted by Gasteiger charge is -2.06. The third-order valence-electron chi connectivity index (χ3n) is 2.60. The van der Waals surface area contributed by atoms with Crippen molar-refractivity contribution >= 4 is 33.3 Å². The summed E-state index contributed by atoms with van der Waals surface area (Å²) in [6.07, 6.45) is 0. The first-order chi connectivity index (χ1) is 9.16. The van der Waals surface area contributed by atoms with E-state index in [-0.39, 0.29) is 12.4 Å². The summed E-state index contributed by atoms with van der Waals surface area (Å²) in [4.78, 5) is 11.9. The number of carbonyl (C=O) groups is 1. The molecule has 0 saturated heterocycles. The van der Waals surface area contributed by atoms with E-state index in [2.05, 4.69) is 15.9 Å². The van der Waals surface area contributed by atoms with Gasteiger partial charge in [-0.15, -0.1) is 0 Å². The molecule has 0 amide bonds. The maximum absolute atomic E-state index is 11.9. The molecule has 0 aliphatic carbocycles. The Hall–Kier alpha value is -1.16. The highest BCUT2D eigenvalue weighted by Gasteiger charge is 2.07. The molecule has 0 bridgehead atoms.